The summed E-state index contributed by atoms with van der Waals surface area (Å²) >= 11 is 1.48. The van der Waals surface area contributed by atoms with E-state index in [1.54, 1.807) is 13.8 Å². The first kappa shape index (κ1) is 27.6. The second-order valence-electron chi connectivity index (χ2n) is 7.88. The van der Waals surface area contributed by atoms with Crippen LogP contribution in [0.4, 0.5) is 0 Å². The molecule has 9 nitrogen and oxygen atoms in total. The molecule has 0 saturated carbocycles. The van der Waals surface area contributed by atoms with Crippen molar-refractivity contribution < 1.29 is 22.6 Å². The molecule has 1 aliphatic heterocycles. The van der Waals surface area contributed by atoms with E-state index in [9.17, 15) is 22.6 Å². The lowest BCUT2D eigenvalue weighted by atomic mass is 10.3. The summed E-state index contributed by atoms with van der Waals surface area (Å²) < 4.78 is 39.6. The number of rotatable bonds is 15. The molecule has 1 saturated heterocycles. The number of hydrogen-bond acceptors (Lipinski definition) is 6. The van der Waals surface area contributed by atoms with Gasteiger partial charge in [-0.2, -0.15) is 0 Å². The van der Waals surface area contributed by atoms with Gasteiger partial charge in [-0.1, -0.05) is 27.2 Å². The number of sulfonamides is 1. The van der Waals surface area contributed by atoms with Crippen molar-refractivity contribution >= 4 is 41.0 Å². The molecule has 1 fully saturated rings. The van der Waals surface area contributed by atoms with Crippen molar-refractivity contribution in [2.24, 2.45) is 0 Å². The van der Waals surface area contributed by atoms with Gasteiger partial charge >= 0.3 is 0 Å². The molecule has 2 unspecified atom stereocenters. The van der Waals surface area contributed by atoms with Crippen molar-refractivity contribution in [2.45, 2.75) is 69.6 Å². The lowest BCUT2D eigenvalue weighted by molar-refractivity contribution is -0.138. The Bertz CT molecular complexity index is 730. The molecule has 3 N–H and O–H groups in total. The van der Waals surface area contributed by atoms with Gasteiger partial charge in [0.25, 0.3) is 0 Å². The molecule has 0 aliphatic carbocycles. The topological polar surface area (TPSA) is 125 Å². The minimum Gasteiger partial charge on any atom is -0.289 e. The zero-order valence-electron chi connectivity index (χ0n) is 18.6. The number of unbranched alkanes of at least 4 members (excludes halogenated alkanes) is 1. The Morgan fingerprint density at radius 1 is 1.13 bits per heavy atom. The maximum atomic E-state index is 13.2. The molecule has 0 bridgehead atoms. The van der Waals surface area contributed by atoms with Crippen LogP contribution in [0.2, 0.25) is 0 Å². The molecule has 2 amide bonds. The summed E-state index contributed by atoms with van der Waals surface area (Å²) in [5.74, 6) is -0.405. The molecule has 0 aromatic heterocycles. The third kappa shape index (κ3) is 8.96. The van der Waals surface area contributed by atoms with Crippen LogP contribution in [0.3, 0.4) is 0 Å². The van der Waals surface area contributed by atoms with Gasteiger partial charge in [0, 0.05) is 38.8 Å². The maximum Gasteiger partial charge on any atom is 0.242 e. The fraction of sp³-hybridized carbons (Fsp3) is 0.889. The average Bonchev–Trinajstić information content (AvgIpc) is 2.88. The summed E-state index contributed by atoms with van der Waals surface area (Å²) in [6.07, 6.45) is 2.06. The Balaban J connectivity index is 2.64. The van der Waals surface area contributed by atoms with Crippen LogP contribution >= 0.6 is 19.2 Å². The Kier molecular flexibility index (Phi) is 11.5. The highest BCUT2D eigenvalue weighted by atomic mass is 32.2. The van der Waals surface area contributed by atoms with E-state index in [-0.39, 0.29) is 54.5 Å². The van der Waals surface area contributed by atoms with E-state index in [2.05, 4.69) is 14.9 Å². The molecule has 0 aromatic carbocycles. The molecule has 12 heteroatoms. The predicted molar refractivity (Wildman–Crippen MR) is 123 cm³/mol. The maximum absolute atomic E-state index is 13.2. The van der Waals surface area contributed by atoms with Gasteiger partial charge in [0.1, 0.15) is 0 Å². The first-order valence-corrected chi connectivity index (χ1v) is 14.9. The number of hydrogen-bond donors (Lipinski definition) is 3. The first-order chi connectivity index (χ1) is 13.9. The lowest BCUT2D eigenvalue weighted by Gasteiger charge is -2.23. The van der Waals surface area contributed by atoms with Crippen molar-refractivity contribution in [3.63, 3.8) is 0 Å². The number of amides is 2. The number of imide groups is 1. The van der Waals surface area contributed by atoms with Crippen molar-refractivity contribution in [1.82, 2.24) is 19.8 Å². The van der Waals surface area contributed by atoms with Gasteiger partial charge in [-0.15, -0.1) is 11.8 Å². The second-order valence-corrected chi connectivity index (χ2v) is 14.5. The molecule has 1 aliphatic rings. The highest BCUT2D eigenvalue weighted by Crippen LogP contribution is 2.35. The highest BCUT2D eigenvalue weighted by Gasteiger charge is 2.39. The minimum atomic E-state index is -3.44. The minimum absolute atomic E-state index is 0.0403. The fourth-order valence-electron chi connectivity index (χ4n) is 2.83. The number of carbonyl (C=O) groups excluding carboxylic acids is 2. The van der Waals surface area contributed by atoms with E-state index in [1.165, 1.54) is 16.7 Å². The SMILES string of the molecule is CCCCNP(=O)(CCNS(=O)(=O)C(C)C)NCCN1C(=O)CC(SC(C)C)C1=O. The molecular weight excluding hydrogens is 447 g/mol. The van der Waals surface area contributed by atoms with Crippen molar-refractivity contribution in [2.75, 3.05) is 32.3 Å². The summed E-state index contributed by atoms with van der Waals surface area (Å²) in [6, 6.07) is 0. The lowest BCUT2D eigenvalue weighted by Crippen LogP contribution is -2.39. The third-order valence-electron chi connectivity index (χ3n) is 4.59. The molecule has 30 heavy (non-hydrogen) atoms. The average molecular weight is 485 g/mol. The Labute approximate surface area is 185 Å². The van der Waals surface area contributed by atoms with Gasteiger partial charge in [-0.25, -0.2) is 13.1 Å². The van der Waals surface area contributed by atoms with Gasteiger partial charge in [-0.05, 0) is 25.5 Å². The molecule has 0 spiro atoms. The van der Waals surface area contributed by atoms with Crippen LogP contribution in [-0.4, -0.2) is 73.2 Å². The molecule has 1 heterocycles. The van der Waals surface area contributed by atoms with E-state index in [0.717, 1.165) is 12.8 Å². The zero-order valence-corrected chi connectivity index (χ0v) is 21.2. The molecule has 0 radical (unpaired) electrons. The van der Waals surface area contributed by atoms with Gasteiger partial charge < -0.3 is 0 Å². The van der Waals surface area contributed by atoms with Crippen molar-refractivity contribution in [3.05, 3.63) is 0 Å². The van der Waals surface area contributed by atoms with Crippen LogP contribution in [0.1, 0.15) is 53.9 Å². The Morgan fingerprint density at radius 2 is 1.77 bits per heavy atom. The molecule has 0 aromatic rings. The van der Waals surface area contributed by atoms with Crippen LogP contribution in [0.5, 0.6) is 0 Å². The summed E-state index contributed by atoms with van der Waals surface area (Å²) in [7, 11) is -6.52. The smallest absolute Gasteiger partial charge is 0.242 e. The van der Waals surface area contributed by atoms with Gasteiger partial charge in [0.15, 0.2) is 0 Å². The normalized spacial score (nSPS) is 19.8. The monoisotopic (exact) mass is 484 g/mol. The van der Waals surface area contributed by atoms with Gasteiger partial charge in [0.2, 0.25) is 29.3 Å². The highest BCUT2D eigenvalue weighted by molar-refractivity contribution is 8.01. The number of nitrogens with one attached hydrogen (secondary N) is 3. The largest absolute Gasteiger partial charge is 0.289 e. The molecule has 2 atom stereocenters. The zero-order chi connectivity index (χ0) is 22.9. The van der Waals surface area contributed by atoms with E-state index < -0.39 is 22.7 Å². The summed E-state index contributed by atoms with van der Waals surface area (Å²) in [5, 5.41) is 5.30. The van der Waals surface area contributed by atoms with Crippen molar-refractivity contribution in [3.8, 4) is 0 Å². The molecule has 176 valence electrons. The molecular formula is C18H37N4O5PS2. The van der Waals surface area contributed by atoms with Crippen LogP contribution < -0.4 is 14.9 Å². The standard InChI is InChI=1S/C18H37N4O5PS2/c1-6-7-8-19-28(25,12-10-21-30(26,27)15(4)5)20-9-11-22-17(23)13-16(18(22)24)29-14(2)3/h14-16,21H,6-13H2,1-5H3,(H2,19,20,25). The summed E-state index contributed by atoms with van der Waals surface area (Å²) in [5.41, 5.74) is 0. The van der Waals surface area contributed by atoms with E-state index in [4.69, 9.17) is 0 Å². The summed E-state index contributed by atoms with van der Waals surface area (Å²) in [6.45, 7) is 10.0. The number of likely N-dealkylation sites (tertiary alicyclic amines) is 1. The Hall–Kier alpha value is -0.450. The third-order valence-corrected chi connectivity index (χ3v) is 10.0. The molecule has 1 rings (SSSR count). The van der Waals surface area contributed by atoms with Crippen LogP contribution in [-0.2, 0) is 24.2 Å². The quantitative estimate of drug-likeness (QED) is 0.182. The number of nitrogens with zero attached hydrogens (tertiary/aromatic N) is 1. The second kappa shape index (κ2) is 12.6. The van der Waals surface area contributed by atoms with Crippen LogP contribution in [0.15, 0.2) is 0 Å². The van der Waals surface area contributed by atoms with Gasteiger partial charge in [-0.3, -0.25) is 29.2 Å². The first-order valence-electron chi connectivity index (χ1n) is 10.5. The van der Waals surface area contributed by atoms with Gasteiger partial charge in [0.05, 0.1) is 10.5 Å². The van der Waals surface area contributed by atoms with Crippen LogP contribution in [0.25, 0.3) is 0 Å². The van der Waals surface area contributed by atoms with E-state index in [0.29, 0.717) is 6.54 Å². The number of thioether (sulfide) groups is 1. The Morgan fingerprint density at radius 3 is 2.33 bits per heavy atom. The van der Waals surface area contributed by atoms with E-state index >= 15 is 0 Å². The van der Waals surface area contributed by atoms with E-state index in [1.807, 2.05) is 20.8 Å². The number of carbonyl (C=O) groups is 2. The fourth-order valence-corrected chi connectivity index (χ4v) is 6.67. The summed E-state index contributed by atoms with van der Waals surface area (Å²) in [4.78, 5) is 25.9. The van der Waals surface area contributed by atoms with Crippen LogP contribution in [0, 0.1) is 0 Å². The van der Waals surface area contributed by atoms with Crippen molar-refractivity contribution in [1.29, 1.82) is 0 Å². The predicted octanol–water partition coefficient (Wildman–Crippen LogP) is 1.76.